The molecule has 11 nitrogen and oxygen atoms in total. The molecule has 6 N–H and O–H groups in total. The number of fused-ring (bicyclic) bond motifs is 3. The number of phenolic OH excluding ortho intramolecular Hbond substituents is 1. The van der Waals surface area contributed by atoms with E-state index in [1.54, 1.807) is 19.0 Å². The van der Waals surface area contributed by atoms with Gasteiger partial charge in [0.05, 0.1) is 11.6 Å². The smallest absolute Gasteiger partial charge is 0.255 e. The molecule has 3 aliphatic carbocycles. The molecule has 0 fully saturated rings. The molecule has 0 saturated heterocycles. The number of nitrogens with zero attached hydrogens (tertiary/aromatic N) is 3. The summed E-state index contributed by atoms with van der Waals surface area (Å²) < 4.78 is 0. The Kier molecular flexibility index (Phi) is 10.4. The first kappa shape index (κ1) is 34.5. The Labute approximate surface area is 266 Å². The van der Waals surface area contributed by atoms with E-state index in [0.29, 0.717) is 17.7 Å². The maximum atomic E-state index is 14.3. The number of aliphatic hydroxyl groups is 3. The molecule has 1 aromatic carbocycles. The fraction of sp³-hybridized carbons (Fsp3) is 0.618. The van der Waals surface area contributed by atoms with Crippen molar-refractivity contribution in [2.24, 2.45) is 17.6 Å². The number of primary amides is 1. The van der Waals surface area contributed by atoms with Crippen molar-refractivity contribution in [2.45, 2.75) is 83.4 Å². The van der Waals surface area contributed by atoms with E-state index in [-0.39, 0.29) is 29.7 Å². The topological polar surface area (TPSA) is 168 Å². The second-order valence-electron chi connectivity index (χ2n) is 13.3. The number of anilines is 1. The number of unbranched alkanes of at least 4 members (excludes halogenated alkanes) is 4. The van der Waals surface area contributed by atoms with E-state index in [4.69, 9.17) is 5.73 Å². The normalized spacial score (nSPS) is 24.7. The van der Waals surface area contributed by atoms with Crippen LogP contribution in [0.15, 0.2) is 28.7 Å². The van der Waals surface area contributed by atoms with Crippen LogP contribution in [0.4, 0.5) is 5.69 Å². The molecule has 0 aliphatic heterocycles. The number of carbonyl (C=O) groups excluding carboxylic acids is 3. The minimum absolute atomic E-state index is 0.0547. The molecule has 1 amide bonds. The number of aliphatic hydroxyl groups excluding tert-OH is 2. The number of benzene rings is 1. The Hall–Kier alpha value is -3.41. The highest BCUT2D eigenvalue weighted by Crippen LogP contribution is 2.53. The number of carbonyl (C=O) groups is 3. The molecule has 4 rings (SSSR count). The van der Waals surface area contributed by atoms with Gasteiger partial charge in [-0.1, -0.05) is 39.5 Å². The monoisotopic (exact) mass is 626 g/mol. The molecule has 0 aromatic heterocycles. The van der Waals surface area contributed by atoms with E-state index in [0.717, 1.165) is 57.3 Å². The van der Waals surface area contributed by atoms with Crippen LogP contribution in [0.3, 0.4) is 0 Å². The van der Waals surface area contributed by atoms with Crippen LogP contribution >= 0.6 is 0 Å². The third-order valence-electron chi connectivity index (χ3n) is 9.81. The van der Waals surface area contributed by atoms with Gasteiger partial charge in [-0.05, 0) is 70.4 Å². The van der Waals surface area contributed by atoms with Gasteiger partial charge in [-0.25, -0.2) is 0 Å². The second-order valence-corrected chi connectivity index (χ2v) is 13.3. The number of Topliss-reactive ketones (excluding diaryl/α,β-unsaturated/α-hetero) is 2. The zero-order valence-electron chi connectivity index (χ0n) is 27.5. The number of allylic oxidation sites excluding steroid dienone is 1. The quantitative estimate of drug-likeness (QED) is 0.162. The Bertz CT molecular complexity index is 1410. The molecule has 1 aromatic rings. The molecule has 3 aliphatic rings. The molecule has 248 valence electrons. The van der Waals surface area contributed by atoms with Crippen molar-refractivity contribution in [3.8, 4) is 5.75 Å². The van der Waals surface area contributed by atoms with Crippen LogP contribution < -0.4 is 10.6 Å². The molecule has 0 radical (unpaired) electrons. The fourth-order valence-electron chi connectivity index (χ4n) is 7.55. The predicted molar refractivity (Wildman–Crippen MR) is 172 cm³/mol. The fourth-order valence-corrected chi connectivity index (χ4v) is 7.55. The lowest BCUT2D eigenvalue weighted by Gasteiger charge is -2.50. The molecular formula is C34H50N4O7. The second kappa shape index (κ2) is 13.5. The highest BCUT2D eigenvalue weighted by atomic mass is 16.3. The van der Waals surface area contributed by atoms with Gasteiger partial charge in [0, 0.05) is 43.4 Å². The van der Waals surface area contributed by atoms with Gasteiger partial charge in [0.25, 0.3) is 5.91 Å². The van der Waals surface area contributed by atoms with E-state index >= 15 is 0 Å². The molecule has 4 atom stereocenters. The predicted octanol–water partition coefficient (Wildman–Crippen LogP) is 3.37. The average Bonchev–Trinajstić information content (AvgIpc) is 2.95. The zero-order valence-corrected chi connectivity index (χ0v) is 27.5. The summed E-state index contributed by atoms with van der Waals surface area (Å²) in [5.74, 6) is -6.40. The van der Waals surface area contributed by atoms with Crippen LogP contribution in [0.25, 0.3) is 0 Å². The molecule has 45 heavy (non-hydrogen) atoms. The standard InChI is InChI=1S/C34H50N4O7/c1-7-9-11-13-38(14-12-10-8-2)18-20-17-23(36(3)4)21-15-19-16-22-27(37(5)6)30(41)26(33(35)44)32(43)34(22,45)31(42)24(19)29(40)25(21)28(20)39/h17,19,22,27,39,41-42,45H,7-16,18H2,1-6H3,(H2,35,44)/t19?,22?,27-,34-/m0/s1. The Morgan fingerprint density at radius 2 is 1.60 bits per heavy atom. The Morgan fingerprint density at radius 1 is 1.00 bits per heavy atom. The van der Waals surface area contributed by atoms with Gasteiger partial charge < -0.3 is 31.1 Å². The van der Waals surface area contributed by atoms with E-state index in [9.17, 15) is 34.8 Å². The van der Waals surface area contributed by atoms with Gasteiger partial charge in [-0.3, -0.25) is 24.2 Å². The Morgan fingerprint density at radius 3 is 2.11 bits per heavy atom. The van der Waals surface area contributed by atoms with Gasteiger partial charge in [0.2, 0.25) is 5.78 Å². The van der Waals surface area contributed by atoms with Gasteiger partial charge >= 0.3 is 0 Å². The van der Waals surface area contributed by atoms with Crippen molar-refractivity contribution in [1.82, 2.24) is 9.80 Å². The first-order chi connectivity index (χ1) is 21.2. The van der Waals surface area contributed by atoms with Crippen LogP contribution in [0.1, 0.15) is 80.3 Å². The number of aromatic hydroxyl groups is 1. The molecule has 2 unspecified atom stereocenters. The van der Waals surface area contributed by atoms with Crippen LogP contribution in [-0.2, 0) is 22.6 Å². The van der Waals surface area contributed by atoms with Crippen LogP contribution in [0.2, 0.25) is 0 Å². The maximum absolute atomic E-state index is 14.3. The number of nitrogens with two attached hydrogens (primary N) is 1. The SMILES string of the molecule is CCCCCN(CCCCC)Cc1cc(N(C)C)c2c(c1O)C(=O)C1=C(O)[C@]3(O)C(=O)C(C(N)=O)=C(O)[C@@H](N(C)C)C3CC1C2. The average molecular weight is 627 g/mol. The summed E-state index contributed by atoms with van der Waals surface area (Å²) in [4.78, 5) is 45.9. The number of phenols is 1. The number of ketones is 2. The molecule has 0 spiro atoms. The van der Waals surface area contributed by atoms with Crippen molar-refractivity contribution in [3.63, 3.8) is 0 Å². The molecule has 0 saturated carbocycles. The van der Waals surface area contributed by atoms with Crippen molar-refractivity contribution < 1.29 is 34.8 Å². The number of hydrogen-bond acceptors (Lipinski definition) is 10. The number of rotatable bonds is 13. The molecule has 11 heteroatoms. The summed E-state index contributed by atoms with van der Waals surface area (Å²) >= 11 is 0. The summed E-state index contributed by atoms with van der Waals surface area (Å²) in [6.07, 6.45) is 6.73. The molecule has 0 bridgehead atoms. The minimum atomic E-state index is -2.66. The molecular weight excluding hydrogens is 576 g/mol. The van der Waals surface area contributed by atoms with Crippen molar-refractivity contribution in [3.05, 3.63) is 45.4 Å². The first-order valence-corrected chi connectivity index (χ1v) is 16.1. The summed E-state index contributed by atoms with van der Waals surface area (Å²) in [7, 11) is 6.98. The van der Waals surface area contributed by atoms with Gasteiger partial charge in [-0.15, -0.1) is 0 Å². The van der Waals surface area contributed by atoms with Gasteiger partial charge in [-0.2, -0.15) is 0 Å². The van der Waals surface area contributed by atoms with Crippen LogP contribution in [-0.4, -0.2) is 101 Å². The van der Waals surface area contributed by atoms with Gasteiger partial charge in [0.1, 0.15) is 22.8 Å². The van der Waals surface area contributed by atoms with Crippen LogP contribution in [0, 0.1) is 11.8 Å². The molecule has 0 heterocycles. The zero-order chi connectivity index (χ0) is 33.4. The van der Waals surface area contributed by atoms with Crippen molar-refractivity contribution in [1.29, 1.82) is 0 Å². The summed E-state index contributed by atoms with van der Waals surface area (Å²) in [5.41, 5.74) is 3.88. The third kappa shape index (κ3) is 5.97. The first-order valence-electron chi connectivity index (χ1n) is 16.1. The summed E-state index contributed by atoms with van der Waals surface area (Å²) in [6.45, 7) is 6.47. The van der Waals surface area contributed by atoms with Crippen LogP contribution in [0.5, 0.6) is 5.75 Å². The number of likely N-dealkylation sites (N-methyl/N-ethyl adjacent to an activating group) is 1. The number of amides is 1. The van der Waals surface area contributed by atoms with E-state index in [1.807, 2.05) is 25.1 Å². The van der Waals surface area contributed by atoms with Crippen molar-refractivity contribution >= 4 is 23.2 Å². The van der Waals surface area contributed by atoms with E-state index in [2.05, 4.69) is 18.7 Å². The summed E-state index contributed by atoms with van der Waals surface area (Å²) in [5, 5.41) is 46.2. The largest absolute Gasteiger partial charge is 0.510 e. The lowest BCUT2D eigenvalue weighted by Crippen LogP contribution is -2.63. The van der Waals surface area contributed by atoms with E-state index in [1.165, 1.54) is 0 Å². The maximum Gasteiger partial charge on any atom is 0.255 e. The summed E-state index contributed by atoms with van der Waals surface area (Å²) in [6, 6.07) is 0.911. The highest BCUT2D eigenvalue weighted by molar-refractivity contribution is 6.25. The lowest BCUT2D eigenvalue weighted by molar-refractivity contribution is -0.148. The van der Waals surface area contributed by atoms with Crippen molar-refractivity contribution in [2.75, 3.05) is 46.2 Å². The highest BCUT2D eigenvalue weighted by Gasteiger charge is 2.63. The van der Waals surface area contributed by atoms with Gasteiger partial charge in [0.15, 0.2) is 11.4 Å². The number of hydrogen-bond donors (Lipinski definition) is 5. The lowest BCUT2D eigenvalue weighted by atomic mass is 9.58. The Balaban J connectivity index is 1.84. The minimum Gasteiger partial charge on any atom is -0.510 e. The third-order valence-corrected chi connectivity index (χ3v) is 9.81. The van der Waals surface area contributed by atoms with E-state index < -0.39 is 58.0 Å².